The monoisotopic (exact) mass is 390 g/mol. The van der Waals surface area contributed by atoms with E-state index in [0.717, 1.165) is 32.4 Å². The Kier molecular flexibility index (Phi) is 4.20. The molecule has 122 valence electrons. The maximum atomic E-state index is 5.84. The highest BCUT2D eigenvalue weighted by Gasteiger charge is 2.08. The zero-order chi connectivity index (χ0) is 17.2. The second kappa shape index (κ2) is 6.65. The van der Waals surface area contributed by atoms with Crippen molar-refractivity contribution in [3.8, 4) is 11.5 Å². The SMILES string of the molecule is Cc1ccc2oc(-c3ccc(N=Cc4ccc(Br)cc4)cc3)nc2c1. The van der Waals surface area contributed by atoms with E-state index in [9.17, 15) is 0 Å². The zero-order valence-electron chi connectivity index (χ0n) is 13.6. The van der Waals surface area contributed by atoms with Crippen molar-refractivity contribution in [3.05, 3.63) is 82.3 Å². The van der Waals surface area contributed by atoms with Crippen LogP contribution in [0.5, 0.6) is 0 Å². The van der Waals surface area contributed by atoms with Crippen LogP contribution in [-0.2, 0) is 0 Å². The number of halogens is 1. The Bertz CT molecular complexity index is 1050. The van der Waals surface area contributed by atoms with Crippen molar-refractivity contribution >= 4 is 38.9 Å². The summed E-state index contributed by atoms with van der Waals surface area (Å²) < 4.78 is 6.89. The first-order valence-corrected chi connectivity index (χ1v) is 8.74. The van der Waals surface area contributed by atoms with Crippen LogP contribution >= 0.6 is 15.9 Å². The van der Waals surface area contributed by atoms with E-state index in [4.69, 9.17) is 4.42 Å². The van der Waals surface area contributed by atoms with Crippen molar-refractivity contribution in [2.24, 2.45) is 4.99 Å². The van der Waals surface area contributed by atoms with Gasteiger partial charge in [-0.25, -0.2) is 4.98 Å². The molecular formula is C21H15BrN2O. The predicted molar refractivity (Wildman–Crippen MR) is 106 cm³/mol. The van der Waals surface area contributed by atoms with Crippen LogP contribution in [0.4, 0.5) is 5.69 Å². The first-order valence-electron chi connectivity index (χ1n) is 7.95. The molecule has 3 aromatic carbocycles. The van der Waals surface area contributed by atoms with Gasteiger partial charge in [-0.05, 0) is 66.6 Å². The minimum atomic E-state index is 0.629. The number of nitrogens with zero attached hydrogens (tertiary/aromatic N) is 2. The highest BCUT2D eigenvalue weighted by Crippen LogP contribution is 2.26. The molecule has 4 aromatic rings. The molecule has 0 bridgehead atoms. The Balaban J connectivity index is 1.57. The van der Waals surface area contributed by atoms with Gasteiger partial charge in [0.25, 0.3) is 0 Å². The Morgan fingerprint density at radius 1 is 0.960 bits per heavy atom. The molecular weight excluding hydrogens is 376 g/mol. The summed E-state index contributed by atoms with van der Waals surface area (Å²) in [6.45, 7) is 2.05. The molecule has 4 rings (SSSR count). The summed E-state index contributed by atoms with van der Waals surface area (Å²) in [6.07, 6.45) is 1.85. The number of oxazole rings is 1. The van der Waals surface area contributed by atoms with Gasteiger partial charge in [0.1, 0.15) is 5.52 Å². The second-order valence-corrected chi connectivity index (χ2v) is 6.76. The topological polar surface area (TPSA) is 38.4 Å². The number of fused-ring (bicyclic) bond motifs is 1. The highest BCUT2D eigenvalue weighted by molar-refractivity contribution is 9.10. The number of hydrogen-bond acceptors (Lipinski definition) is 3. The Hall–Kier alpha value is -2.72. The van der Waals surface area contributed by atoms with E-state index in [0.29, 0.717) is 5.89 Å². The van der Waals surface area contributed by atoms with Gasteiger partial charge < -0.3 is 4.42 Å². The first-order chi connectivity index (χ1) is 12.2. The molecule has 0 saturated heterocycles. The molecule has 0 spiro atoms. The van der Waals surface area contributed by atoms with Crippen LogP contribution < -0.4 is 0 Å². The number of rotatable bonds is 3. The Labute approximate surface area is 154 Å². The van der Waals surface area contributed by atoms with E-state index in [1.54, 1.807) is 0 Å². The average molecular weight is 391 g/mol. The minimum absolute atomic E-state index is 0.629. The van der Waals surface area contributed by atoms with Crippen LogP contribution in [0.3, 0.4) is 0 Å². The molecule has 0 aliphatic heterocycles. The van der Waals surface area contributed by atoms with Crippen LogP contribution in [0.2, 0.25) is 0 Å². The van der Waals surface area contributed by atoms with Crippen molar-refractivity contribution in [1.29, 1.82) is 0 Å². The molecule has 0 radical (unpaired) electrons. The van der Waals surface area contributed by atoms with Gasteiger partial charge in [0, 0.05) is 16.3 Å². The summed E-state index contributed by atoms with van der Waals surface area (Å²) in [5.41, 5.74) is 5.74. The third-order valence-corrected chi connectivity index (χ3v) is 4.42. The zero-order valence-corrected chi connectivity index (χ0v) is 15.2. The standard InChI is InChI=1S/C21H15BrN2O/c1-14-2-11-20-19(12-14)24-21(25-20)16-5-9-18(10-6-16)23-13-15-3-7-17(22)8-4-15/h2-13H,1H3. The van der Waals surface area contributed by atoms with E-state index < -0.39 is 0 Å². The van der Waals surface area contributed by atoms with E-state index in [-0.39, 0.29) is 0 Å². The lowest BCUT2D eigenvalue weighted by Gasteiger charge is -1.97. The summed E-state index contributed by atoms with van der Waals surface area (Å²) in [6, 6.07) is 21.9. The lowest BCUT2D eigenvalue weighted by molar-refractivity contribution is 0.620. The van der Waals surface area contributed by atoms with Crippen LogP contribution in [0.1, 0.15) is 11.1 Å². The predicted octanol–water partition coefficient (Wildman–Crippen LogP) is 6.32. The van der Waals surface area contributed by atoms with Gasteiger partial charge in [0.2, 0.25) is 5.89 Å². The summed E-state index contributed by atoms with van der Waals surface area (Å²) in [4.78, 5) is 9.07. The summed E-state index contributed by atoms with van der Waals surface area (Å²) in [5, 5.41) is 0. The first kappa shape index (κ1) is 15.8. The van der Waals surface area contributed by atoms with Gasteiger partial charge in [-0.2, -0.15) is 0 Å². The molecule has 3 nitrogen and oxygen atoms in total. The number of aryl methyl sites for hydroxylation is 1. The third-order valence-electron chi connectivity index (χ3n) is 3.89. The van der Waals surface area contributed by atoms with Gasteiger partial charge in [0.05, 0.1) is 5.69 Å². The quantitative estimate of drug-likeness (QED) is 0.384. The van der Waals surface area contributed by atoms with E-state index in [1.165, 1.54) is 5.56 Å². The molecule has 0 atom stereocenters. The maximum Gasteiger partial charge on any atom is 0.227 e. The van der Waals surface area contributed by atoms with Gasteiger partial charge in [-0.1, -0.05) is 34.1 Å². The Morgan fingerprint density at radius 2 is 1.72 bits per heavy atom. The average Bonchev–Trinajstić information content (AvgIpc) is 3.05. The lowest BCUT2D eigenvalue weighted by atomic mass is 10.2. The number of aliphatic imine (C=N–C) groups is 1. The number of benzene rings is 3. The smallest absolute Gasteiger partial charge is 0.227 e. The number of aromatic nitrogens is 1. The fourth-order valence-corrected chi connectivity index (χ4v) is 2.81. The van der Waals surface area contributed by atoms with Crippen LogP contribution in [0, 0.1) is 6.92 Å². The van der Waals surface area contributed by atoms with Crippen LogP contribution in [0.15, 0.2) is 80.6 Å². The van der Waals surface area contributed by atoms with Crippen molar-refractivity contribution < 1.29 is 4.42 Å². The molecule has 0 aliphatic rings. The van der Waals surface area contributed by atoms with Crippen molar-refractivity contribution in [1.82, 2.24) is 4.98 Å². The van der Waals surface area contributed by atoms with E-state index in [2.05, 4.69) is 25.9 Å². The lowest BCUT2D eigenvalue weighted by Crippen LogP contribution is -1.80. The van der Waals surface area contributed by atoms with Crippen molar-refractivity contribution in [3.63, 3.8) is 0 Å². The van der Waals surface area contributed by atoms with Crippen molar-refractivity contribution in [2.75, 3.05) is 0 Å². The molecule has 1 aromatic heterocycles. The van der Waals surface area contributed by atoms with Gasteiger partial charge in [0.15, 0.2) is 5.58 Å². The molecule has 25 heavy (non-hydrogen) atoms. The minimum Gasteiger partial charge on any atom is -0.436 e. The van der Waals surface area contributed by atoms with Gasteiger partial charge in [-0.15, -0.1) is 0 Å². The van der Waals surface area contributed by atoms with Crippen molar-refractivity contribution in [2.45, 2.75) is 6.92 Å². The maximum absolute atomic E-state index is 5.84. The van der Waals surface area contributed by atoms with Crippen LogP contribution in [-0.4, -0.2) is 11.2 Å². The largest absolute Gasteiger partial charge is 0.436 e. The van der Waals surface area contributed by atoms with E-state index in [1.807, 2.05) is 79.9 Å². The molecule has 1 heterocycles. The summed E-state index contributed by atoms with van der Waals surface area (Å²) in [5.74, 6) is 0.629. The third kappa shape index (κ3) is 3.54. The molecule has 0 unspecified atom stereocenters. The fraction of sp³-hybridized carbons (Fsp3) is 0.0476. The molecule has 4 heteroatoms. The van der Waals surface area contributed by atoms with Crippen LogP contribution in [0.25, 0.3) is 22.6 Å². The normalized spacial score (nSPS) is 11.4. The molecule has 0 aliphatic carbocycles. The van der Waals surface area contributed by atoms with Gasteiger partial charge >= 0.3 is 0 Å². The van der Waals surface area contributed by atoms with Gasteiger partial charge in [-0.3, -0.25) is 4.99 Å². The van der Waals surface area contributed by atoms with E-state index >= 15 is 0 Å². The number of hydrogen-bond donors (Lipinski definition) is 0. The molecule has 0 fully saturated rings. The molecule has 0 amide bonds. The highest BCUT2D eigenvalue weighted by atomic mass is 79.9. The molecule has 0 N–H and O–H groups in total. The Morgan fingerprint density at radius 3 is 2.48 bits per heavy atom. The summed E-state index contributed by atoms with van der Waals surface area (Å²) >= 11 is 3.43. The summed E-state index contributed by atoms with van der Waals surface area (Å²) in [7, 11) is 0. The molecule has 0 saturated carbocycles. The fourth-order valence-electron chi connectivity index (χ4n) is 2.55. The second-order valence-electron chi connectivity index (χ2n) is 5.85.